The average Bonchev–Trinajstić information content (AvgIpc) is 3.93. The number of nitriles is 1. The highest BCUT2D eigenvalue weighted by Gasteiger charge is 2.54. The molecule has 1 N–H and O–H groups in total. The van der Waals surface area contributed by atoms with Crippen molar-refractivity contribution in [2.45, 2.75) is 147 Å². The third-order valence-electron chi connectivity index (χ3n) is 13.6. The van der Waals surface area contributed by atoms with E-state index in [2.05, 4.69) is 102 Å². The van der Waals surface area contributed by atoms with Crippen molar-refractivity contribution in [2.24, 2.45) is 0 Å². The monoisotopic (exact) mass is 1070 g/mol. The number of benzene rings is 3. The Morgan fingerprint density at radius 1 is 0.851 bits per heavy atom. The molecule has 0 saturated carbocycles. The SMILES string of the molecule is COc1ccc(C(OC[C@H]2O[C@@H](n3cnc4c(=O)n(CCNC(=O)OCC[Si](C)(C)C)cnc43)[C@H](OP(OCCC#N)N(C(C)C)C(C)C)[C@@H]2O[Si](C)(C)C(C)(C)C)(c2ccccc2)c2ccc(OC)cc2)cc1. The molecule has 1 unspecified atom stereocenters. The number of fused-ring (bicyclic) bond motifs is 1. The summed E-state index contributed by atoms with van der Waals surface area (Å²) in [6.07, 6.45) is -0.814. The Balaban J connectivity index is 1.49. The summed E-state index contributed by atoms with van der Waals surface area (Å²) < 4.78 is 58.3. The highest BCUT2D eigenvalue weighted by atomic mass is 31.2. The normalized spacial score (nSPS) is 18.0. The molecular formula is C54H78N7O10PSi2. The number of methoxy groups -OCH3 is 2. The number of nitrogens with one attached hydrogen (secondary N) is 1. The first-order chi connectivity index (χ1) is 35.0. The molecule has 1 fully saturated rings. The number of carbonyl (C=O) groups excluding carboxylic acids is 1. The third-order valence-corrected chi connectivity index (χ3v) is 21.9. The van der Waals surface area contributed by atoms with E-state index in [1.807, 2.05) is 78.9 Å². The van der Waals surface area contributed by atoms with E-state index < -0.39 is 66.7 Å². The molecule has 0 radical (unpaired) electrons. The molecular weight excluding hydrogens is 994 g/mol. The Morgan fingerprint density at radius 2 is 1.45 bits per heavy atom. The molecule has 6 rings (SSSR count). The van der Waals surface area contributed by atoms with E-state index in [9.17, 15) is 14.9 Å². The zero-order valence-electron chi connectivity index (χ0n) is 45.8. The summed E-state index contributed by atoms with van der Waals surface area (Å²) in [7, 11) is -2.65. The molecule has 5 aromatic rings. The molecule has 402 valence electrons. The Hall–Kier alpha value is -5.01. The molecule has 0 spiro atoms. The zero-order chi connectivity index (χ0) is 54.0. The molecule has 20 heteroatoms. The molecule has 17 nitrogen and oxygen atoms in total. The van der Waals surface area contributed by atoms with Crippen LogP contribution in [0.15, 0.2) is 96.3 Å². The van der Waals surface area contributed by atoms with Crippen molar-refractivity contribution in [3.05, 3.63) is 119 Å². The van der Waals surface area contributed by atoms with Crippen LogP contribution in [0.5, 0.6) is 11.5 Å². The first-order valence-corrected chi connectivity index (χ1v) is 33.2. The summed E-state index contributed by atoms with van der Waals surface area (Å²) in [6, 6.07) is 28.8. The van der Waals surface area contributed by atoms with E-state index in [1.165, 1.54) is 10.9 Å². The maximum absolute atomic E-state index is 14.2. The minimum absolute atomic E-state index is 0.00562. The van der Waals surface area contributed by atoms with Crippen molar-refractivity contribution in [3.63, 3.8) is 0 Å². The van der Waals surface area contributed by atoms with Gasteiger partial charge in [-0.1, -0.05) is 95.0 Å². The highest BCUT2D eigenvalue weighted by molar-refractivity contribution is 7.44. The Kier molecular flexibility index (Phi) is 19.9. The van der Waals surface area contributed by atoms with E-state index >= 15 is 0 Å². The topological polar surface area (TPSA) is 183 Å². The van der Waals surface area contributed by atoms with Gasteiger partial charge < -0.3 is 42.5 Å². The second-order valence-corrected chi connectivity index (χ2v) is 33.6. The predicted molar refractivity (Wildman–Crippen MR) is 294 cm³/mol. The maximum atomic E-state index is 14.2. The molecule has 1 amide bonds. The number of nitrogens with zero attached hydrogens (tertiary/aromatic N) is 6. The molecule has 74 heavy (non-hydrogen) atoms. The number of imidazole rings is 1. The second kappa shape index (κ2) is 25.2. The van der Waals surface area contributed by atoms with Crippen LogP contribution in [0.4, 0.5) is 4.79 Å². The van der Waals surface area contributed by atoms with Crippen LogP contribution in [0.2, 0.25) is 43.8 Å². The van der Waals surface area contributed by atoms with Gasteiger partial charge in [0, 0.05) is 33.2 Å². The molecule has 2 aromatic heterocycles. The lowest BCUT2D eigenvalue weighted by molar-refractivity contribution is -0.0928. The number of aromatic nitrogens is 4. The third kappa shape index (κ3) is 13.9. The van der Waals surface area contributed by atoms with E-state index in [4.69, 9.17) is 42.1 Å². The van der Waals surface area contributed by atoms with E-state index in [1.54, 1.807) is 25.1 Å². The van der Waals surface area contributed by atoms with E-state index in [0.29, 0.717) is 18.1 Å². The number of hydrogen-bond acceptors (Lipinski definition) is 14. The summed E-state index contributed by atoms with van der Waals surface area (Å²) >= 11 is 0. The van der Waals surface area contributed by atoms with Crippen LogP contribution < -0.4 is 20.3 Å². The van der Waals surface area contributed by atoms with Crippen molar-refractivity contribution in [1.29, 1.82) is 5.26 Å². The number of alkyl carbamates (subject to hydrolysis) is 1. The van der Waals surface area contributed by atoms with Crippen LogP contribution in [0.1, 0.15) is 77.8 Å². The van der Waals surface area contributed by atoms with Gasteiger partial charge in [-0.2, -0.15) is 5.26 Å². The Labute approximate surface area is 440 Å². The second-order valence-electron chi connectivity index (χ2n) is 21.8. The summed E-state index contributed by atoms with van der Waals surface area (Å²) in [6.45, 7) is 26.7. The van der Waals surface area contributed by atoms with Crippen LogP contribution in [0.25, 0.3) is 11.2 Å². The summed E-state index contributed by atoms with van der Waals surface area (Å²) in [5.74, 6) is 1.39. The van der Waals surface area contributed by atoms with Crippen LogP contribution >= 0.6 is 8.53 Å². The fourth-order valence-corrected chi connectivity index (χ4v) is 12.4. The van der Waals surface area contributed by atoms with Crippen LogP contribution in [0.3, 0.4) is 0 Å². The fraction of sp³-hybridized carbons (Fsp3) is 0.537. The van der Waals surface area contributed by atoms with Crippen molar-refractivity contribution < 1.29 is 42.0 Å². The minimum Gasteiger partial charge on any atom is -0.497 e. The van der Waals surface area contributed by atoms with Gasteiger partial charge in [0.15, 0.2) is 25.7 Å². The zero-order valence-corrected chi connectivity index (χ0v) is 48.7. The number of hydrogen-bond donors (Lipinski definition) is 1. The highest BCUT2D eigenvalue weighted by Crippen LogP contribution is 2.53. The molecule has 3 aromatic carbocycles. The number of rotatable bonds is 25. The molecule has 3 heterocycles. The van der Waals surface area contributed by atoms with E-state index in [-0.39, 0.29) is 61.0 Å². The van der Waals surface area contributed by atoms with Crippen molar-refractivity contribution >= 4 is 42.2 Å². The summed E-state index contributed by atoms with van der Waals surface area (Å²) in [5.41, 5.74) is 1.33. The van der Waals surface area contributed by atoms with Gasteiger partial charge in [0.2, 0.25) is 0 Å². The largest absolute Gasteiger partial charge is 0.497 e. The van der Waals surface area contributed by atoms with Crippen molar-refractivity contribution in [2.75, 3.05) is 40.6 Å². The van der Waals surface area contributed by atoms with Crippen LogP contribution in [-0.2, 0) is 39.8 Å². The number of carbonyl (C=O) groups is 1. The molecule has 1 aliphatic heterocycles. The average molecular weight is 1070 g/mol. The van der Waals surface area contributed by atoms with Gasteiger partial charge in [-0.05, 0) is 92.8 Å². The lowest BCUT2D eigenvalue weighted by Crippen LogP contribution is -2.51. The van der Waals surface area contributed by atoms with Gasteiger partial charge in [0.05, 0.1) is 52.9 Å². The number of amides is 1. The summed E-state index contributed by atoms with van der Waals surface area (Å²) in [4.78, 5) is 36.2. The van der Waals surface area contributed by atoms with Crippen LogP contribution in [-0.4, -0.2) is 117 Å². The summed E-state index contributed by atoms with van der Waals surface area (Å²) in [5, 5.41) is 12.2. The smallest absolute Gasteiger partial charge is 0.407 e. The lowest BCUT2D eigenvalue weighted by Gasteiger charge is -2.43. The molecule has 0 bridgehead atoms. The van der Waals surface area contributed by atoms with E-state index in [0.717, 1.165) is 22.7 Å². The van der Waals surface area contributed by atoms with Gasteiger partial charge >= 0.3 is 6.09 Å². The fourth-order valence-electron chi connectivity index (χ4n) is 8.59. The standard InChI is InChI=1S/C54H78N7O10PSi2/c1-38(2)61(39(3)4)72(68-32-18-29-55)70-48-47(71-74(13,14)53(5,6)7)45(69-51(48)60-37-57-46-49(60)58-36-59(50(46)62)31-30-56-52(63)66-33-34-73(10,11)12)35-67-54(40-19-16-15-17-20-40,41-21-25-43(64-8)26-22-41)42-23-27-44(65-9)28-24-42/h15-17,19-28,36-39,45,47-48,51H,18,30-35H2,1-14H3,(H,56,63)/t45-,47-,48-,51-,72?/m1/s1. The van der Waals surface area contributed by atoms with Gasteiger partial charge in [-0.15, -0.1) is 0 Å². The van der Waals surface area contributed by atoms with Gasteiger partial charge in [0.25, 0.3) is 14.1 Å². The van der Waals surface area contributed by atoms with Crippen molar-refractivity contribution in [3.8, 4) is 17.6 Å². The van der Waals surface area contributed by atoms with Crippen molar-refractivity contribution in [1.82, 2.24) is 29.1 Å². The quantitative estimate of drug-likeness (QED) is 0.0252. The number of ether oxygens (including phenoxy) is 5. The lowest BCUT2D eigenvalue weighted by atomic mass is 9.80. The Bertz CT molecular complexity index is 2630. The molecule has 1 saturated heterocycles. The first kappa shape index (κ1) is 58.3. The molecule has 0 aliphatic carbocycles. The van der Waals surface area contributed by atoms with Gasteiger partial charge in [0.1, 0.15) is 41.7 Å². The first-order valence-electron chi connectivity index (χ1n) is 25.4. The Morgan fingerprint density at radius 3 is 1.99 bits per heavy atom. The predicted octanol–water partition coefficient (Wildman–Crippen LogP) is 10.6. The van der Waals surface area contributed by atoms with Crippen LogP contribution in [0, 0.1) is 11.3 Å². The maximum Gasteiger partial charge on any atom is 0.407 e. The van der Waals surface area contributed by atoms with Gasteiger partial charge in [-0.25, -0.2) is 19.4 Å². The molecule has 1 aliphatic rings. The van der Waals surface area contributed by atoms with Gasteiger partial charge in [-0.3, -0.25) is 13.9 Å². The molecule has 5 atom stereocenters. The minimum atomic E-state index is -2.68.